The first-order valence-corrected chi connectivity index (χ1v) is 9.25. The zero-order chi connectivity index (χ0) is 20.1. The highest BCUT2D eigenvalue weighted by atomic mass is 35.5. The van der Waals surface area contributed by atoms with Crippen LogP contribution in [0.4, 0.5) is 5.69 Å². The van der Waals surface area contributed by atoms with Gasteiger partial charge < -0.3 is 10.1 Å². The zero-order valence-electron chi connectivity index (χ0n) is 15.6. The molecule has 6 nitrogen and oxygen atoms in total. The number of hydrogen-bond donors (Lipinski definition) is 1. The summed E-state index contributed by atoms with van der Waals surface area (Å²) in [6.07, 6.45) is 0. The summed E-state index contributed by atoms with van der Waals surface area (Å²) >= 11 is 5.85. The first-order chi connectivity index (χ1) is 13.5. The smallest absolute Gasteiger partial charge is 0.267 e. The molecule has 0 bridgehead atoms. The van der Waals surface area contributed by atoms with E-state index in [2.05, 4.69) is 10.4 Å². The molecular formula is C21H20ClN3O3. The standard InChI is InChI=1S/C21H20ClN3O3/c1-3-28-18-10-4-15(5-11-18)19-12-13-20(26)25(24-19)14(2)21(27)23-17-8-6-16(22)7-9-17/h4-14H,3H2,1-2H3,(H,23,27). The molecule has 1 atom stereocenters. The fourth-order valence-corrected chi connectivity index (χ4v) is 2.76. The molecule has 1 aromatic heterocycles. The van der Waals surface area contributed by atoms with Crippen molar-refractivity contribution in [2.24, 2.45) is 0 Å². The van der Waals surface area contributed by atoms with E-state index in [1.807, 2.05) is 31.2 Å². The van der Waals surface area contributed by atoms with Crippen molar-refractivity contribution in [3.05, 3.63) is 76.0 Å². The zero-order valence-corrected chi connectivity index (χ0v) is 16.3. The first kappa shape index (κ1) is 19.6. The minimum atomic E-state index is -0.786. The topological polar surface area (TPSA) is 73.2 Å². The number of anilines is 1. The van der Waals surface area contributed by atoms with Gasteiger partial charge in [0.15, 0.2) is 0 Å². The molecule has 1 heterocycles. The third kappa shape index (κ3) is 4.58. The van der Waals surface area contributed by atoms with Gasteiger partial charge in [-0.05, 0) is 68.4 Å². The maximum atomic E-state index is 12.6. The summed E-state index contributed by atoms with van der Waals surface area (Å²) in [7, 11) is 0. The highest BCUT2D eigenvalue weighted by Crippen LogP contribution is 2.21. The second-order valence-electron chi connectivity index (χ2n) is 6.13. The number of rotatable bonds is 6. The Kier molecular flexibility index (Phi) is 6.11. The van der Waals surface area contributed by atoms with Crippen LogP contribution in [0.1, 0.15) is 19.9 Å². The molecule has 7 heteroatoms. The largest absolute Gasteiger partial charge is 0.494 e. The van der Waals surface area contributed by atoms with Gasteiger partial charge in [0.2, 0.25) is 5.91 Å². The Morgan fingerprint density at radius 2 is 1.79 bits per heavy atom. The van der Waals surface area contributed by atoms with Crippen LogP contribution in [0.5, 0.6) is 5.75 Å². The molecule has 144 valence electrons. The molecule has 0 saturated heterocycles. The molecule has 3 aromatic rings. The van der Waals surface area contributed by atoms with E-state index in [0.717, 1.165) is 11.3 Å². The van der Waals surface area contributed by atoms with Gasteiger partial charge in [-0.1, -0.05) is 11.6 Å². The van der Waals surface area contributed by atoms with Crippen molar-refractivity contribution < 1.29 is 9.53 Å². The van der Waals surface area contributed by atoms with Gasteiger partial charge in [0.1, 0.15) is 11.8 Å². The van der Waals surface area contributed by atoms with Crippen molar-refractivity contribution in [1.82, 2.24) is 9.78 Å². The number of benzene rings is 2. The number of nitrogens with one attached hydrogen (secondary N) is 1. The monoisotopic (exact) mass is 397 g/mol. The SMILES string of the molecule is CCOc1ccc(-c2ccc(=O)n(C(C)C(=O)Nc3ccc(Cl)cc3)n2)cc1. The van der Waals surface area contributed by atoms with Crippen molar-refractivity contribution in [3.63, 3.8) is 0 Å². The summed E-state index contributed by atoms with van der Waals surface area (Å²) in [5, 5.41) is 7.71. The molecule has 0 spiro atoms. The fraction of sp³-hybridized carbons (Fsp3) is 0.190. The van der Waals surface area contributed by atoms with E-state index < -0.39 is 6.04 Å². The average Bonchev–Trinajstić information content (AvgIpc) is 2.70. The van der Waals surface area contributed by atoms with Crippen molar-refractivity contribution in [2.75, 3.05) is 11.9 Å². The molecule has 0 aliphatic carbocycles. The van der Waals surface area contributed by atoms with Crippen LogP contribution in [0.25, 0.3) is 11.3 Å². The highest BCUT2D eigenvalue weighted by molar-refractivity contribution is 6.30. The second kappa shape index (κ2) is 8.71. The van der Waals surface area contributed by atoms with E-state index in [0.29, 0.717) is 23.0 Å². The Hall–Kier alpha value is -3.12. The van der Waals surface area contributed by atoms with E-state index in [1.54, 1.807) is 37.3 Å². The van der Waals surface area contributed by atoms with Crippen LogP contribution in [0.2, 0.25) is 5.02 Å². The summed E-state index contributed by atoms with van der Waals surface area (Å²) in [4.78, 5) is 24.8. The van der Waals surface area contributed by atoms with Gasteiger partial charge in [0.05, 0.1) is 12.3 Å². The Labute approximate surface area is 167 Å². The highest BCUT2D eigenvalue weighted by Gasteiger charge is 2.18. The van der Waals surface area contributed by atoms with Crippen molar-refractivity contribution in [2.45, 2.75) is 19.9 Å². The van der Waals surface area contributed by atoms with Crippen molar-refractivity contribution >= 4 is 23.2 Å². The van der Waals surface area contributed by atoms with Gasteiger partial charge in [-0.2, -0.15) is 5.10 Å². The van der Waals surface area contributed by atoms with Crippen LogP contribution >= 0.6 is 11.6 Å². The van der Waals surface area contributed by atoms with Gasteiger partial charge in [-0.15, -0.1) is 0 Å². The van der Waals surface area contributed by atoms with E-state index in [-0.39, 0.29) is 11.5 Å². The van der Waals surface area contributed by atoms with E-state index in [4.69, 9.17) is 16.3 Å². The molecule has 0 radical (unpaired) electrons. The van der Waals surface area contributed by atoms with Crippen molar-refractivity contribution in [1.29, 1.82) is 0 Å². The summed E-state index contributed by atoms with van der Waals surface area (Å²) in [6, 6.07) is 16.4. The lowest BCUT2D eigenvalue weighted by Gasteiger charge is -2.15. The third-order valence-corrected chi connectivity index (χ3v) is 4.40. The Morgan fingerprint density at radius 3 is 2.43 bits per heavy atom. The molecular weight excluding hydrogens is 378 g/mol. The summed E-state index contributed by atoms with van der Waals surface area (Å²) < 4.78 is 6.61. The molecule has 1 unspecified atom stereocenters. The first-order valence-electron chi connectivity index (χ1n) is 8.87. The predicted molar refractivity (Wildman–Crippen MR) is 110 cm³/mol. The number of amides is 1. The lowest BCUT2D eigenvalue weighted by atomic mass is 10.1. The van der Waals surface area contributed by atoms with Gasteiger partial charge >= 0.3 is 0 Å². The lowest BCUT2D eigenvalue weighted by Crippen LogP contribution is -2.33. The van der Waals surface area contributed by atoms with Crippen LogP contribution in [0.15, 0.2) is 65.5 Å². The summed E-state index contributed by atoms with van der Waals surface area (Å²) in [6.45, 7) is 4.13. The molecule has 1 N–H and O–H groups in total. The summed E-state index contributed by atoms with van der Waals surface area (Å²) in [5.41, 5.74) is 1.65. The van der Waals surface area contributed by atoms with Gasteiger partial charge in [0, 0.05) is 22.3 Å². The number of halogens is 1. The summed E-state index contributed by atoms with van der Waals surface area (Å²) in [5.74, 6) is 0.413. The maximum Gasteiger partial charge on any atom is 0.267 e. The molecule has 0 fully saturated rings. The number of ether oxygens (including phenoxy) is 1. The Balaban J connectivity index is 1.82. The van der Waals surface area contributed by atoms with Gasteiger partial charge in [-0.25, -0.2) is 4.68 Å². The average molecular weight is 398 g/mol. The Morgan fingerprint density at radius 1 is 1.11 bits per heavy atom. The van der Waals surface area contributed by atoms with Gasteiger partial charge in [-0.3, -0.25) is 9.59 Å². The number of hydrogen-bond acceptors (Lipinski definition) is 4. The number of carbonyl (C=O) groups is 1. The molecule has 0 aliphatic rings. The minimum Gasteiger partial charge on any atom is -0.494 e. The molecule has 1 amide bonds. The third-order valence-electron chi connectivity index (χ3n) is 4.14. The quantitative estimate of drug-likeness (QED) is 0.677. The molecule has 0 aliphatic heterocycles. The van der Waals surface area contributed by atoms with Crippen LogP contribution in [0, 0.1) is 0 Å². The minimum absolute atomic E-state index is 0.347. The lowest BCUT2D eigenvalue weighted by molar-refractivity contribution is -0.119. The molecule has 28 heavy (non-hydrogen) atoms. The van der Waals surface area contributed by atoms with E-state index >= 15 is 0 Å². The Bertz CT molecular complexity index is 1010. The van der Waals surface area contributed by atoms with Gasteiger partial charge in [0.25, 0.3) is 5.56 Å². The number of nitrogens with zero attached hydrogens (tertiary/aromatic N) is 2. The van der Waals surface area contributed by atoms with Crippen molar-refractivity contribution in [3.8, 4) is 17.0 Å². The van der Waals surface area contributed by atoms with E-state index in [1.165, 1.54) is 10.7 Å². The number of carbonyl (C=O) groups excluding carboxylic acids is 1. The number of aromatic nitrogens is 2. The predicted octanol–water partition coefficient (Wildman–Crippen LogP) is 4.16. The maximum absolute atomic E-state index is 12.6. The van der Waals surface area contributed by atoms with Crippen LogP contribution in [-0.2, 0) is 4.79 Å². The second-order valence-corrected chi connectivity index (χ2v) is 6.57. The molecule has 2 aromatic carbocycles. The normalized spacial score (nSPS) is 11.7. The molecule has 3 rings (SSSR count). The van der Waals surface area contributed by atoms with E-state index in [9.17, 15) is 9.59 Å². The fourth-order valence-electron chi connectivity index (χ4n) is 2.64. The molecule has 0 saturated carbocycles. The van der Waals surface area contributed by atoms with Crippen LogP contribution in [-0.4, -0.2) is 22.3 Å². The van der Waals surface area contributed by atoms with Crippen LogP contribution < -0.4 is 15.6 Å². The van der Waals surface area contributed by atoms with Crippen LogP contribution in [0.3, 0.4) is 0 Å².